The molecule has 0 aliphatic heterocycles. The van der Waals surface area contributed by atoms with Crippen LogP contribution in [0.15, 0.2) is 12.7 Å². The van der Waals surface area contributed by atoms with Crippen LogP contribution in [0.2, 0.25) is 0 Å². The van der Waals surface area contributed by atoms with Gasteiger partial charge in [0.25, 0.3) is 0 Å². The smallest absolute Gasteiger partial charge is 0.307 e. The summed E-state index contributed by atoms with van der Waals surface area (Å²) in [6.07, 6.45) is 1.49. The maximum Gasteiger partial charge on any atom is 0.307 e. The van der Waals surface area contributed by atoms with E-state index >= 15 is 0 Å². The van der Waals surface area contributed by atoms with Crippen LogP contribution in [0, 0.1) is 5.92 Å². The summed E-state index contributed by atoms with van der Waals surface area (Å²) >= 11 is 0. The van der Waals surface area contributed by atoms with Crippen molar-refractivity contribution in [2.75, 3.05) is 19.7 Å². The highest BCUT2D eigenvalue weighted by Gasteiger charge is 2.11. The van der Waals surface area contributed by atoms with Gasteiger partial charge in [-0.05, 0) is 18.9 Å². The van der Waals surface area contributed by atoms with E-state index in [0.717, 1.165) is 0 Å². The first-order valence-corrected chi connectivity index (χ1v) is 5.58. The molecule has 0 saturated carbocycles. The molecule has 1 amide bonds. The Morgan fingerprint density at radius 2 is 2.06 bits per heavy atom. The summed E-state index contributed by atoms with van der Waals surface area (Å²) in [4.78, 5) is 24.1. The number of rotatable bonds is 7. The Bertz CT molecular complexity index is 249. The van der Waals surface area contributed by atoms with Crippen LogP contribution in [0.3, 0.4) is 0 Å². The third-order valence-corrected chi connectivity index (χ3v) is 2.03. The fourth-order valence-corrected chi connectivity index (χ4v) is 1.11. The van der Waals surface area contributed by atoms with Gasteiger partial charge in [0.1, 0.15) is 0 Å². The summed E-state index contributed by atoms with van der Waals surface area (Å²) in [5.41, 5.74) is 0. The molecule has 0 saturated heterocycles. The molecule has 92 valence electrons. The van der Waals surface area contributed by atoms with Crippen molar-refractivity contribution in [2.24, 2.45) is 5.92 Å². The lowest BCUT2D eigenvalue weighted by Crippen LogP contribution is -2.31. The minimum absolute atomic E-state index is 0.154. The third kappa shape index (κ3) is 6.22. The molecule has 0 spiro atoms. The molecule has 0 aliphatic carbocycles. The van der Waals surface area contributed by atoms with Crippen LogP contribution in [0.25, 0.3) is 0 Å². The molecule has 0 N–H and O–H groups in total. The van der Waals surface area contributed by atoms with Crippen molar-refractivity contribution in [1.29, 1.82) is 0 Å². The normalized spacial score (nSPS) is 10.0. The van der Waals surface area contributed by atoms with Crippen LogP contribution in [0.5, 0.6) is 0 Å². The van der Waals surface area contributed by atoms with E-state index in [1.165, 1.54) is 6.08 Å². The van der Waals surface area contributed by atoms with E-state index in [1.54, 1.807) is 4.90 Å². The molecular weight excluding hydrogens is 206 g/mol. The summed E-state index contributed by atoms with van der Waals surface area (Å²) in [5.74, 6) is -0.0794. The predicted octanol–water partition coefficient (Wildman–Crippen LogP) is 1.61. The van der Waals surface area contributed by atoms with Crippen molar-refractivity contribution in [3.63, 3.8) is 0 Å². The summed E-state index contributed by atoms with van der Waals surface area (Å²) in [6.45, 7) is 10.6. The van der Waals surface area contributed by atoms with Gasteiger partial charge in [0.15, 0.2) is 0 Å². The molecule has 0 bridgehead atoms. The molecule has 0 radical (unpaired) electrons. The van der Waals surface area contributed by atoms with Crippen molar-refractivity contribution in [2.45, 2.75) is 27.2 Å². The number of ether oxygens (including phenoxy) is 1. The van der Waals surface area contributed by atoms with Crippen LogP contribution >= 0.6 is 0 Å². The topological polar surface area (TPSA) is 46.6 Å². The summed E-state index contributed by atoms with van der Waals surface area (Å²) in [7, 11) is 0. The van der Waals surface area contributed by atoms with E-state index in [1.807, 2.05) is 20.8 Å². The van der Waals surface area contributed by atoms with Gasteiger partial charge >= 0.3 is 5.97 Å². The van der Waals surface area contributed by atoms with E-state index in [2.05, 4.69) is 6.58 Å². The van der Waals surface area contributed by atoms with Crippen molar-refractivity contribution in [3.05, 3.63) is 12.7 Å². The first-order valence-electron chi connectivity index (χ1n) is 5.58. The largest absolute Gasteiger partial charge is 0.465 e. The van der Waals surface area contributed by atoms with Crippen LogP contribution < -0.4 is 0 Å². The number of amides is 1. The lowest BCUT2D eigenvalue weighted by molar-refractivity contribution is -0.145. The number of likely N-dealkylation sites (N-methyl/N-ethyl adjacent to an activating group) is 1. The molecule has 4 nitrogen and oxygen atoms in total. The number of esters is 1. The molecule has 0 aromatic carbocycles. The summed E-state index contributed by atoms with van der Waals surface area (Å²) in [5, 5.41) is 0. The molecule has 16 heavy (non-hydrogen) atoms. The SMILES string of the molecule is C=CC(=O)N(CC)CCC(=O)OCC(C)C. The zero-order valence-electron chi connectivity index (χ0n) is 10.4. The Morgan fingerprint density at radius 1 is 1.44 bits per heavy atom. The highest BCUT2D eigenvalue weighted by Crippen LogP contribution is 1.98. The van der Waals surface area contributed by atoms with Gasteiger partial charge in [-0.15, -0.1) is 0 Å². The minimum Gasteiger partial charge on any atom is -0.465 e. The van der Waals surface area contributed by atoms with E-state index in [4.69, 9.17) is 4.74 Å². The van der Waals surface area contributed by atoms with Crippen molar-refractivity contribution >= 4 is 11.9 Å². The second-order valence-corrected chi connectivity index (χ2v) is 3.95. The summed E-state index contributed by atoms with van der Waals surface area (Å²) in [6, 6.07) is 0. The van der Waals surface area contributed by atoms with E-state index in [9.17, 15) is 9.59 Å². The lowest BCUT2D eigenvalue weighted by Gasteiger charge is -2.18. The number of nitrogens with zero attached hydrogens (tertiary/aromatic N) is 1. The van der Waals surface area contributed by atoms with Crippen LogP contribution in [0.4, 0.5) is 0 Å². The fourth-order valence-electron chi connectivity index (χ4n) is 1.11. The number of hydrogen-bond acceptors (Lipinski definition) is 3. The van der Waals surface area contributed by atoms with Gasteiger partial charge in [-0.3, -0.25) is 9.59 Å². The van der Waals surface area contributed by atoms with Gasteiger partial charge in [0, 0.05) is 13.1 Å². The van der Waals surface area contributed by atoms with E-state index in [-0.39, 0.29) is 18.3 Å². The Hall–Kier alpha value is -1.32. The number of carbonyl (C=O) groups excluding carboxylic acids is 2. The highest BCUT2D eigenvalue weighted by atomic mass is 16.5. The third-order valence-electron chi connectivity index (χ3n) is 2.03. The molecule has 0 unspecified atom stereocenters. The average Bonchev–Trinajstić information content (AvgIpc) is 2.26. The van der Waals surface area contributed by atoms with Crippen molar-refractivity contribution < 1.29 is 14.3 Å². The molecule has 0 atom stereocenters. The zero-order valence-corrected chi connectivity index (χ0v) is 10.4. The summed E-state index contributed by atoms with van der Waals surface area (Å²) < 4.78 is 5.01. The Labute approximate surface area is 97.3 Å². The maximum absolute atomic E-state index is 11.3. The van der Waals surface area contributed by atoms with Crippen LogP contribution in [-0.4, -0.2) is 36.5 Å². The predicted molar refractivity (Wildman–Crippen MR) is 62.9 cm³/mol. The first kappa shape index (κ1) is 14.7. The molecule has 0 fully saturated rings. The van der Waals surface area contributed by atoms with Crippen LogP contribution in [-0.2, 0) is 14.3 Å². The van der Waals surface area contributed by atoms with Gasteiger partial charge in [-0.25, -0.2) is 0 Å². The van der Waals surface area contributed by atoms with Gasteiger partial charge in [-0.1, -0.05) is 20.4 Å². The second-order valence-electron chi connectivity index (χ2n) is 3.95. The standard InChI is InChI=1S/C12H21NO3/c1-5-11(14)13(6-2)8-7-12(15)16-9-10(3)4/h5,10H,1,6-9H2,2-4H3. The molecule has 0 heterocycles. The van der Waals surface area contributed by atoms with E-state index in [0.29, 0.717) is 25.6 Å². The molecular formula is C12H21NO3. The second kappa shape index (κ2) is 7.91. The van der Waals surface area contributed by atoms with Gasteiger partial charge in [-0.2, -0.15) is 0 Å². The number of hydrogen-bond donors (Lipinski definition) is 0. The Balaban J connectivity index is 3.88. The molecule has 0 rings (SSSR count). The highest BCUT2D eigenvalue weighted by molar-refractivity contribution is 5.87. The van der Waals surface area contributed by atoms with Gasteiger partial charge in [0.2, 0.25) is 5.91 Å². The Kier molecular flexibility index (Phi) is 7.25. The van der Waals surface area contributed by atoms with Crippen molar-refractivity contribution in [3.8, 4) is 0 Å². The first-order chi connectivity index (χ1) is 7.51. The minimum atomic E-state index is -0.260. The lowest BCUT2D eigenvalue weighted by atomic mass is 10.2. The quantitative estimate of drug-likeness (QED) is 0.490. The monoisotopic (exact) mass is 227 g/mol. The maximum atomic E-state index is 11.3. The fraction of sp³-hybridized carbons (Fsp3) is 0.667. The zero-order chi connectivity index (χ0) is 12.6. The molecule has 4 heteroatoms. The van der Waals surface area contributed by atoms with E-state index < -0.39 is 0 Å². The van der Waals surface area contributed by atoms with Gasteiger partial charge < -0.3 is 9.64 Å². The van der Waals surface area contributed by atoms with Crippen LogP contribution in [0.1, 0.15) is 27.2 Å². The number of carbonyl (C=O) groups is 2. The molecule has 0 aliphatic rings. The molecule has 0 aromatic rings. The van der Waals surface area contributed by atoms with Crippen molar-refractivity contribution in [1.82, 2.24) is 4.90 Å². The molecule has 0 aromatic heterocycles. The van der Waals surface area contributed by atoms with Gasteiger partial charge in [0.05, 0.1) is 13.0 Å². The average molecular weight is 227 g/mol. The Morgan fingerprint density at radius 3 is 2.50 bits per heavy atom.